The van der Waals surface area contributed by atoms with E-state index in [1.807, 2.05) is 0 Å². The predicted molar refractivity (Wildman–Crippen MR) is 68.5 cm³/mol. The van der Waals surface area contributed by atoms with E-state index in [0.717, 1.165) is 0 Å². The van der Waals surface area contributed by atoms with Gasteiger partial charge in [-0.05, 0) is 13.0 Å². The van der Waals surface area contributed by atoms with Crippen LogP contribution in [0.4, 0.5) is 11.4 Å². The van der Waals surface area contributed by atoms with Gasteiger partial charge in [-0.1, -0.05) is 0 Å². The van der Waals surface area contributed by atoms with Crippen LogP contribution in [0.5, 0.6) is 0 Å². The topological polar surface area (TPSA) is 116 Å². The number of rotatable bonds is 2. The highest BCUT2D eigenvalue weighted by atomic mass is 16.6. The Hall–Kier alpha value is -3.10. The van der Waals surface area contributed by atoms with Crippen LogP contribution in [0.3, 0.4) is 0 Å². The fraction of sp³-hybridized carbons (Fsp3) is 0.0909. The van der Waals surface area contributed by atoms with E-state index in [1.54, 1.807) is 0 Å². The van der Waals surface area contributed by atoms with Crippen LogP contribution in [0.15, 0.2) is 24.4 Å². The molecule has 0 aliphatic heterocycles. The zero-order chi connectivity index (χ0) is 14.4. The summed E-state index contributed by atoms with van der Waals surface area (Å²) in [6.45, 7) is 1.51. The summed E-state index contributed by atoms with van der Waals surface area (Å²) in [5.74, 6) is 0. The van der Waals surface area contributed by atoms with Crippen LogP contribution in [0.2, 0.25) is 0 Å². The fourth-order valence-corrected chi connectivity index (χ4v) is 2.10. The molecule has 0 aliphatic carbocycles. The zero-order valence-corrected chi connectivity index (χ0v) is 10.2. The van der Waals surface area contributed by atoms with Gasteiger partial charge in [0.25, 0.3) is 5.69 Å². The van der Waals surface area contributed by atoms with Crippen LogP contribution in [0, 0.1) is 27.2 Å². The molecule has 0 saturated heterocycles. The van der Waals surface area contributed by atoms with E-state index in [0.29, 0.717) is 11.0 Å². The number of aromatic nitrogens is 3. The Labute approximate surface area is 110 Å². The van der Waals surface area contributed by atoms with Gasteiger partial charge in [-0.25, -0.2) is 4.52 Å². The Balaban J connectivity index is 2.46. The maximum atomic E-state index is 11.0. The van der Waals surface area contributed by atoms with Crippen LogP contribution >= 0.6 is 0 Å². The summed E-state index contributed by atoms with van der Waals surface area (Å²) in [4.78, 5) is 24.8. The third-order valence-corrected chi connectivity index (χ3v) is 2.97. The number of aryl methyl sites for hydroxylation is 1. The van der Waals surface area contributed by atoms with Crippen molar-refractivity contribution in [3.05, 3.63) is 50.3 Å². The largest absolute Gasteiger partial charge is 0.319 e. The summed E-state index contributed by atoms with van der Waals surface area (Å²) >= 11 is 0. The summed E-state index contributed by atoms with van der Waals surface area (Å²) in [5.41, 5.74) is 0.998. The van der Waals surface area contributed by atoms with Gasteiger partial charge in [0.2, 0.25) is 0 Å². The first-order valence-electron chi connectivity index (χ1n) is 5.56. The SMILES string of the molecule is Cc1nn2c(cnc3ccc([N+](=O)[O-])cc32)c1[N+](=O)[O-]. The molecule has 100 valence electrons. The van der Waals surface area contributed by atoms with Crippen molar-refractivity contribution in [1.29, 1.82) is 0 Å². The van der Waals surface area contributed by atoms with Crippen LogP contribution in [0.25, 0.3) is 16.6 Å². The van der Waals surface area contributed by atoms with Crippen molar-refractivity contribution in [1.82, 2.24) is 14.6 Å². The van der Waals surface area contributed by atoms with E-state index in [-0.39, 0.29) is 22.6 Å². The molecule has 1 aromatic carbocycles. The normalized spacial score (nSPS) is 11.1. The first-order chi connectivity index (χ1) is 9.49. The number of non-ortho nitro benzene ring substituents is 1. The maximum absolute atomic E-state index is 11.0. The van der Waals surface area contributed by atoms with E-state index in [4.69, 9.17) is 0 Å². The molecule has 2 heterocycles. The van der Waals surface area contributed by atoms with Gasteiger partial charge in [-0.2, -0.15) is 5.10 Å². The van der Waals surface area contributed by atoms with E-state index in [1.165, 1.54) is 35.8 Å². The lowest BCUT2D eigenvalue weighted by Crippen LogP contribution is -1.95. The molecule has 0 amide bonds. The Bertz CT molecular complexity index is 885. The van der Waals surface area contributed by atoms with Gasteiger partial charge >= 0.3 is 5.69 Å². The molecule has 0 aliphatic rings. The molecule has 2 aromatic heterocycles. The average Bonchev–Trinajstić information content (AvgIpc) is 2.74. The summed E-state index contributed by atoms with van der Waals surface area (Å²) in [6.07, 6.45) is 1.34. The third-order valence-electron chi connectivity index (χ3n) is 2.97. The highest BCUT2D eigenvalue weighted by Crippen LogP contribution is 2.27. The molecule has 3 rings (SSSR count). The minimum absolute atomic E-state index is 0.123. The first kappa shape index (κ1) is 12.0. The Morgan fingerprint density at radius 3 is 2.55 bits per heavy atom. The van der Waals surface area contributed by atoms with E-state index >= 15 is 0 Å². The van der Waals surface area contributed by atoms with E-state index in [2.05, 4.69) is 10.1 Å². The van der Waals surface area contributed by atoms with Crippen LogP contribution < -0.4 is 0 Å². The minimum atomic E-state index is -0.539. The van der Waals surface area contributed by atoms with Crippen LogP contribution in [0.1, 0.15) is 5.69 Å². The van der Waals surface area contributed by atoms with Crippen molar-refractivity contribution in [2.75, 3.05) is 0 Å². The molecular weight excluding hydrogens is 266 g/mol. The van der Waals surface area contributed by atoms with Crippen molar-refractivity contribution in [3.63, 3.8) is 0 Å². The number of nitrogens with zero attached hydrogens (tertiary/aromatic N) is 5. The quantitative estimate of drug-likeness (QED) is 0.520. The summed E-state index contributed by atoms with van der Waals surface area (Å²) in [7, 11) is 0. The van der Waals surface area contributed by atoms with Crippen molar-refractivity contribution < 1.29 is 9.85 Å². The van der Waals surface area contributed by atoms with Crippen LogP contribution in [-0.2, 0) is 0 Å². The summed E-state index contributed by atoms with van der Waals surface area (Å²) in [5, 5.41) is 25.9. The molecular formula is C11H7N5O4. The highest BCUT2D eigenvalue weighted by Gasteiger charge is 2.22. The first-order valence-corrected chi connectivity index (χ1v) is 5.56. The van der Waals surface area contributed by atoms with Crippen molar-refractivity contribution in [2.24, 2.45) is 0 Å². The molecule has 9 heteroatoms. The lowest BCUT2D eigenvalue weighted by molar-refractivity contribution is -0.384. The second-order valence-corrected chi connectivity index (χ2v) is 4.18. The van der Waals surface area contributed by atoms with Gasteiger partial charge in [0.15, 0.2) is 5.52 Å². The zero-order valence-electron chi connectivity index (χ0n) is 10.2. The van der Waals surface area contributed by atoms with Gasteiger partial charge in [0.05, 0.1) is 27.1 Å². The molecule has 0 N–H and O–H groups in total. The van der Waals surface area contributed by atoms with Gasteiger partial charge < -0.3 is 0 Å². The number of nitro benzene ring substituents is 1. The van der Waals surface area contributed by atoms with Crippen LogP contribution in [-0.4, -0.2) is 24.4 Å². The Morgan fingerprint density at radius 1 is 1.15 bits per heavy atom. The van der Waals surface area contributed by atoms with Gasteiger partial charge in [-0.15, -0.1) is 0 Å². The molecule has 3 aromatic rings. The average molecular weight is 273 g/mol. The second-order valence-electron chi connectivity index (χ2n) is 4.18. The molecule has 0 spiro atoms. The van der Waals surface area contributed by atoms with Crippen molar-refractivity contribution >= 4 is 27.9 Å². The number of benzene rings is 1. The molecule has 0 bridgehead atoms. The van der Waals surface area contributed by atoms with E-state index in [9.17, 15) is 20.2 Å². The smallest absolute Gasteiger partial charge is 0.258 e. The van der Waals surface area contributed by atoms with E-state index < -0.39 is 9.85 Å². The summed E-state index contributed by atoms with van der Waals surface area (Å²) in [6, 6.07) is 4.10. The molecule has 0 saturated carbocycles. The molecule has 0 fully saturated rings. The van der Waals surface area contributed by atoms with Crippen molar-refractivity contribution in [2.45, 2.75) is 6.92 Å². The Kier molecular flexibility index (Phi) is 2.36. The number of nitro groups is 2. The standard InChI is InChI=1S/C11H7N5O4/c1-6-11(16(19)20)10-5-12-8-3-2-7(15(17)18)4-9(8)14(10)13-6/h2-5H,1H3. The molecule has 0 radical (unpaired) electrons. The fourth-order valence-electron chi connectivity index (χ4n) is 2.10. The molecule has 20 heavy (non-hydrogen) atoms. The second kappa shape index (κ2) is 3.95. The lowest BCUT2D eigenvalue weighted by Gasteiger charge is -2.00. The van der Waals surface area contributed by atoms with Gasteiger partial charge in [0.1, 0.15) is 5.69 Å². The monoisotopic (exact) mass is 273 g/mol. The van der Waals surface area contributed by atoms with Gasteiger partial charge in [-0.3, -0.25) is 25.2 Å². The number of hydrogen-bond acceptors (Lipinski definition) is 6. The molecule has 0 unspecified atom stereocenters. The lowest BCUT2D eigenvalue weighted by atomic mass is 10.2. The van der Waals surface area contributed by atoms with Gasteiger partial charge in [0, 0.05) is 12.1 Å². The predicted octanol–water partition coefficient (Wildman–Crippen LogP) is 2.01. The Morgan fingerprint density at radius 2 is 1.90 bits per heavy atom. The number of hydrogen-bond donors (Lipinski definition) is 0. The third kappa shape index (κ3) is 1.56. The maximum Gasteiger partial charge on any atom is 0.319 e. The molecule has 9 nitrogen and oxygen atoms in total. The minimum Gasteiger partial charge on any atom is -0.258 e. The summed E-state index contributed by atoms with van der Waals surface area (Å²) < 4.78 is 1.31. The number of fused-ring (bicyclic) bond motifs is 3. The highest BCUT2D eigenvalue weighted by molar-refractivity contribution is 5.82. The van der Waals surface area contributed by atoms with Crippen molar-refractivity contribution in [3.8, 4) is 0 Å². The molecule has 0 atom stereocenters.